The van der Waals surface area contributed by atoms with E-state index in [-0.39, 0.29) is 17.4 Å². The highest BCUT2D eigenvalue weighted by Crippen LogP contribution is 2.22. The lowest BCUT2D eigenvalue weighted by molar-refractivity contribution is -0.125. The summed E-state index contributed by atoms with van der Waals surface area (Å²) in [6.07, 6.45) is 5.09. The number of piperidine rings is 1. The quantitative estimate of drug-likeness (QED) is 0.509. The third kappa shape index (κ3) is 5.56. The van der Waals surface area contributed by atoms with Crippen molar-refractivity contribution >= 4 is 22.8 Å². The first-order chi connectivity index (χ1) is 17.2. The summed E-state index contributed by atoms with van der Waals surface area (Å²) in [5.41, 5.74) is 2.67. The Bertz CT molecular complexity index is 1190. The zero-order valence-electron chi connectivity index (χ0n) is 20.4. The van der Waals surface area contributed by atoms with Gasteiger partial charge in [0.15, 0.2) is 5.82 Å². The van der Waals surface area contributed by atoms with E-state index < -0.39 is 0 Å². The highest BCUT2D eigenvalue weighted by molar-refractivity contribution is 5.79. The Morgan fingerprint density at radius 3 is 2.43 bits per heavy atom. The van der Waals surface area contributed by atoms with E-state index in [1.54, 1.807) is 0 Å². The fourth-order valence-corrected chi connectivity index (χ4v) is 5.33. The lowest BCUT2D eigenvalue weighted by Crippen LogP contribution is -2.43. The monoisotopic (exact) mass is 473 g/mol. The molecule has 5 rings (SSSR count). The van der Waals surface area contributed by atoms with Crippen LogP contribution in [0, 0.1) is 5.92 Å². The van der Waals surface area contributed by atoms with Gasteiger partial charge in [0.2, 0.25) is 5.91 Å². The second-order valence-corrected chi connectivity index (χ2v) is 9.76. The molecule has 0 bridgehead atoms. The number of amides is 1. The molecule has 0 spiro atoms. The number of rotatable bonds is 8. The molecule has 3 aromatic rings. The van der Waals surface area contributed by atoms with Crippen molar-refractivity contribution in [3.8, 4) is 0 Å². The molecule has 7 nitrogen and oxygen atoms in total. The van der Waals surface area contributed by atoms with Crippen LogP contribution in [0.1, 0.15) is 37.7 Å². The molecule has 2 fully saturated rings. The number of nitrogens with zero attached hydrogens (tertiary/aromatic N) is 4. The van der Waals surface area contributed by atoms with Crippen LogP contribution >= 0.6 is 0 Å². The highest BCUT2D eigenvalue weighted by atomic mass is 16.2. The topological polar surface area (TPSA) is 70.5 Å². The molecule has 0 aliphatic carbocycles. The molecule has 1 amide bonds. The van der Waals surface area contributed by atoms with Gasteiger partial charge in [-0.15, -0.1) is 0 Å². The summed E-state index contributed by atoms with van der Waals surface area (Å²) in [5, 5.41) is 3.14. The van der Waals surface area contributed by atoms with Gasteiger partial charge in [-0.3, -0.25) is 14.2 Å². The highest BCUT2D eigenvalue weighted by Gasteiger charge is 2.27. The van der Waals surface area contributed by atoms with Gasteiger partial charge in [0.1, 0.15) is 0 Å². The molecule has 2 aliphatic rings. The van der Waals surface area contributed by atoms with E-state index in [4.69, 9.17) is 4.98 Å². The maximum atomic E-state index is 13.6. The molecule has 2 aromatic carbocycles. The summed E-state index contributed by atoms with van der Waals surface area (Å²) in [4.78, 5) is 35.6. The first-order valence-corrected chi connectivity index (χ1v) is 13.0. The van der Waals surface area contributed by atoms with Crippen LogP contribution in [0.2, 0.25) is 0 Å². The Hall–Kier alpha value is -3.19. The van der Waals surface area contributed by atoms with Gasteiger partial charge in [0, 0.05) is 25.6 Å². The molecular formula is C28H35N5O2. The van der Waals surface area contributed by atoms with Crippen molar-refractivity contribution in [3.63, 3.8) is 0 Å². The molecule has 2 aliphatic heterocycles. The van der Waals surface area contributed by atoms with Crippen LogP contribution in [-0.4, -0.2) is 59.6 Å². The lowest BCUT2D eigenvalue weighted by atomic mass is 9.96. The molecule has 1 N–H and O–H groups in total. The molecule has 35 heavy (non-hydrogen) atoms. The van der Waals surface area contributed by atoms with Crippen molar-refractivity contribution in [2.24, 2.45) is 5.92 Å². The molecule has 0 atom stereocenters. The molecule has 3 heterocycles. The second-order valence-electron chi connectivity index (χ2n) is 9.76. The molecule has 7 heteroatoms. The first-order valence-electron chi connectivity index (χ1n) is 13.0. The van der Waals surface area contributed by atoms with Crippen molar-refractivity contribution in [2.75, 3.05) is 44.2 Å². The lowest BCUT2D eigenvalue weighted by Gasteiger charge is -2.32. The van der Waals surface area contributed by atoms with Crippen molar-refractivity contribution < 1.29 is 4.79 Å². The predicted molar refractivity (Wildman–Crippen MR) is 140 cm³/mol. The number of benzene rings is 2. The first kappa shape index (κ1) is 23.5. The van der Waals surface area contributed by atoms with Crippen LogP contribution in [0.25, 0.3) is 11.0 Å². The average Bonchev–Trinajstić information content (AvgIpc) is 3.42. The van der Waals surface area contributed by atoms with E-state index in [1.165, 1.54) is 25.9 Å². The Morgan fingerprint density at radius 1 is 0.943 bits per heavy atom. The third-order valence-electron chi connectivity index (χ3n) is 7.33. The fourth-order valence-electron chi connectivity index (χ4n) is 5.33. The number of nitrogens with one attached hydrogen (secondary N) is 1. The molecular weight excluding hydrogens is 438 g/mol. The van der Waals surface area contributed by atoms with E-state index in [9.17, 15) is 9.59 Å². The number of fused-ring (bicyclic) bond motifs is 1. The van der Waals surface area contributed by atoms with Crippen LogP contribution in [0.4, 0.5) is 5.82 Å². The number of para-hydroxylation sites is 2. The second kappa shape index (κ2) is 11.0. The zero-order chi connectivity index (χ0) is 24.0. The van der Waals surface area contributed by atoms with Crippen molar-refractivity contribution in [2.45, 2.75) is 38.6 Å². The molecule has 0 saturated carbocycles. The summed E-state index contributed by atoms with van der Waals surface area (Å²) in [7, 11) is 0. The van der Waals surface area contributed by atoms with Crippen LogP contribution in [0.3, 0.4) is 0 Å². The normalized spacial score (nSPS) is 17.2. The van der Waals surface area contributed by atoms with Crippen molar-refractivity contribution in [1.29, 1.82) is 0 Å². The SMILES string of the molecule is O=C(NCCCN1CCCC1)C1CCN(c2nc3ccccc3n(Cc3ccccc3)c2=O)CC1. The molecule has 2 saturated heterocycles. The van der Waals surface area contributed by atoms with Gasteiger partial charge in [-0.05, 0) is 69.4 Å². The Kier molecular flexibility index (Phi) is 7.42. The molecule has 0 unspecified atom stereocenters. The minimum absolute atomic E-state index is 0.00466. The van der Waals surface area contributed by atoms with E-state index in [0.717, 1.165) is 48.9 Å². The van der Waals surface area contributed by atoms with E-state index >= 15 is 0 Å². The summed E-state index contributed by atoms with van der Waals surface area (Å²) in [6, 6.07) is 17.9. The molecule has 1 aromatic heterocycles. The zero-order valence-corrected chi connectivity index (χ0v) is 20.4. The van der Waals surface area contributed by atoms with Crippen LogP contribution in [0.5, 0.6) is 0 Å². The number of likely N-dealkylation sites (tertiary alicyclic amines) is 1. The van der Waals surface area contributed by atoms with Gasteiger partial charge in [-0.1, -0.05) is 42.5 Å². The standard InChI is InChI=1S/C28H35N5O2/c34-27(29-15-8-18-31-16-6-7-17-31)23-13-19-32(20-14-23)26-28(35)33(21-22-9-2-1-3-10-22)25-12-5-4-11-24(25)30-26/h1-5,9-12,23H,6-8,13-21H2,(H,29,34). The Balaban J connectivity index is 1.23. The number of carbonyl (C=O) groups is 1. The van der Waals surface area contributed by atoms with Gasteiger partial charge in [-0.25, -0.2) is 4.98 Å². The minimum atomic E-state index is -0.0719. The van der Waals surface area contributed by atoms with E-state index in [1.807, 2.05) is 59.2 Å². The minimum Gasteiger partial charge on any atom is -0.356 e. The number of hydrogen-bond donors (Lipinski definition) is 1. The largest absolute Gasteiger partial charge is 0.356 e. The molecule has 0 radical (unpaired) electrons. The maximum Gasteiger partial charge on any atom is 0.294 e. The van der Waals surface area contributed by atoms with Crippen LogP contribution < -0.4 is 15.8 Å². The van der Waals surface area contributed by atoms with Gasteiger partial charge in [0.25, 0.3) is 5.56 Å². The predicted octanol–water partition coefficient (Wildman–Crippen LogP) is 3.26. The Labute approximate surface area is 206 Å². The number of aromatic nitrogens is 2. The molecule has 184 valence electrons. The number of anilines is 1. The summed E-state index contributed by atoms with van der Waals surface area (Å²) in [5.74, 6) is 0.646. The van der Waals surface area contributed by atoms with Gasteiger partial charge in [0.05, 0.1) is 17.6 Å². The smallest absolute Gasteiger partial charge is 0.294 e. The maximum absolute atomic E-state index is 13.6. The van der Waals surface area contributed by atoms with Gasteiger partial charge < -0.3 is 15.1 Å². The Morgan fingerprint density at radius 2 is 1.66 bits per heavy atom. The van der Waals surface area contributed by atoms with Crippen molar-refractivity contribution in [1.82, 2.24) is 19.8 Å². The summed E-state index contributed by atoms with van der Waals surface area (Å²) < 4.78 is 1.83. The number of hydrogen-bond acceptors (Lipinski definition) is 5. The van der Waals surface area contributed by atoms with Gasteiger partial charge in [-0.2, -0.15) is 0 Å². The number of carbonyl (C=O) groups excluding carboxylic acids is 1. The van der Waals surface area contributed by atoms with Gasteiger partial charge >= 0.3 is 0 Å². The third-order valence-corrected chi connectivity index (χ3v) is 7.33. The van der Waals surface area contributed by atoms with Crippen LogP contribution in [-0.2, 0) is 11.3 Å². The van der Waals surface area contributed by atoms with Crippen LogP contribution in [0.15, 0.2) is 59.4 Å². The van der Waals surface area contributed by atoms with E-state index in [2.05, 4.69) is 15.1 Å². The van der Waals surface area contributed by atoms with E-state index in [0.29, 0.717) is 25.5 Å². The van der Waals surface area contributed by atoms with Crippen molar-refractivity contribution in [3.05, 3.63) is 70.5 Å². The summed E-state index contributed by atoms with van der Waals surface area (Å²) in [6.45, 7) is 6.04. The fraction of sp³-hybridized carbons (Fsp3) is 0.464. The summed E-state index contributed by atoms with van der Waals surface area (Å²) >= 11 is 0. The average molecular weight is 474 g/mol.